The van der Waals surface area contributed by atoms with Crippen molar-refractivity contribution in [2.75, 3.05) is 0 Å². The van der Waals surface area contributed by atoms with Crippen LogP contribution in [0.4, 0.5) is 4.39 Å². The van der Waals surface area contributed by atoms with Crippen LogP contribution in [0.5, 0.6) is 0 Å². The number of rotatable bonds is 0. The number of hydrogen-bond donors (Lipinski definition) is 0. The van der Waals surface area contributed by atoms with Crippen LogP contribution in [0.2, 0.25) is 0 Å². The van der Waals surface area contributed by atoms with Gasteiger partial charge in [-0.2, -0.15) is 0 Å². The number of aryl methyl sites for hydroxylation is 1. The van der Waals surface area contributed by atoms with Crippen LogP contribution in [-0.2, 0) is 0 Å². The maximum absolute atomic E-state index is 12.4. The highest BCUT2D eigenvalue weighted by Crippen LogP contribution is 1.97. The fraction of sp³-hybridized carbons (Fsp3) is 0.143. The molecule has 0 atom stereocenters. The van der Waals surface area contributed by atoms with Crippen LogP contribution in [0.3, 0.4) is 0 Å². The molecule has 0 amide bonds. The minimum absolute atomic E-state index is 0.146. The second kappa shape index (κ2) is 2.22. The molecule has 0 fully saturated rings. The third kappa shape index (κ3) is 1.56. The highest BCUT2D eigenvalue weighted by molar-refractivity contribution is 6.32. The molecule has 0 aliphatic rings. The zero-order valence-corrected chi connectivity index (χ0v) is 5.61. The molecule has 0 N–H and O–H groups in total. The maximum Gasteiger partial charge on any atom is 0.139 e. The molecule has 1 aromatic rings. The molecule has 0 unspecified atom stereocenters. The molecule has 0 radical (unpaired) electrons. The van der Waals surface area contributed by atoms with Crippen LogP contribution in [0, 0.1) is 12.7 Å². The lowest BCUT2D eigenvalue weighted by molar-refractivity contribution is 0.628. The molecule has 0 aliphatic heterocycles. The normalized spacial score (nSPS) is 9.56. The molecule has 0 bridgehead atoms. The Morgan fingerprint density at radius 2 is 2.00 bits per heavy atom. The Bertz CT molecular complexity index is 170. The summed E-state index contributed by atoms with van der Waals surface area (Å²) < 4.78 is 12.4. The zero-order valence-electron chi connectivity index (χ0n) is 5.61. The summed E-state index contributed by atoms with van der Waals surface area (Å²) in [6.07, 6.45) is 0. The Hall–Kier alpha value is -0.785. The Kier molecular flexibility index (Phi) is 1.56. The van der Waals surface area contributed by atoms with Gasteiger partial charge < -0.3 is 0 Å². The predicted octanol–water partition coefficient (Wildman–Crippen LogP) is 0.393. The minimum Gasteiger partial charge on any atom is -0.207 e. The van der Waals surface area contributed by atoms with Gasteiger partial charge in [-0.15, -0.1) is 0 Å². The molecule has 0 saturated carbocycles. The minimum atomic E-state index is -0.146. The van der Waals surface area contributed by atoms with Gasteiger partial charge in [0.15, 0.2) is 0 Å². The molecule has 0 aromatic heterocycles. The first kappa shape index (κ1) is 6.34. The van der Waals surface area contributed by atoms with Crippen molar-refractivity contribution in [3.8, 4) is 0 Å². The Morgan fingerprint density at radius 3 is 2.44 bits per heavy atom. The SMILES string of the molecule is Bc1cc(C)cc(F)c1. The summed E-state index contributed by atoms with van der Waals surface area (Å²) in [6, 6.07) is 4.99. The largest absolute Gasteiger partial charge is 0.207 e. The molecule has 1 aromatic carbocycles. The van der Waals surface area contributed by atoms with E-state index in [1.54, 1.807) is 0 Å². The highest BCUT2D eigenvalue weighted by Gasteiger charge is 1.90. The maximum atomic E-state index is 12.4. The van der Waals surface area contributed by atoms with Gasteiger partial charge in [0.25, 0.3) is 0 Å². The van der Waals surface area contributed by atoms with E-state index in [1.165, 1.54) is 12.1 Å². The van der Waals surface area contributed by atoms with Crippen molar-refractivity contribution in [2.24, 2.45) is 0 Å². The predicted molar refractivity (Wildman–Crippen MR) is 39.3 cm³/mol. The monoisotopic (exact) mass is 122 g/mol. The highest BCUT2D eigenvalue weighted by atomic mass is 19.1. The summed E-state index contributed by atoms with van der Waals surface area (Å²) in [6.45, 7) is 1.88. The van der Waals surface area contributed by atoms with Crippen molar-refractivity contribution in [1.82, 2.24) is 0 Å². The Morgan fingerprint density at radius 1 is 1.33 bits per heavy atom. The lowest BCUT2D eigenvalue weighted by Crippen LogP contribution is -2.02. The smallest absolute Gasteiger partial charge is 0.139 e. The quantitative estimate of drug-likeness (QED) is 0.436. The molecule has 2 heteroatoms. The van der Waals surface area contributed by atoms with Gasteiger partial charge in [0.2, 0.25) is 0 Å². The van der Waals surface area contributed by atoms with Crippen LogP contribution in [0.1, 0.15) is 5.56 Å². The van der Waals surface area contributed by atoms with Crippen LogP contribution >= 0.6 is 0 Å². The van der Waals surface area contributed by atoms with Gasteiger partial charge >= 0.3 is 0 Å². The molecule has 0 nitrogen and oxygen atoms in total. The van der Waals surface area contributed by atoms with E-state index < -0.39 is 0 Å². The Balaban J connectivity index is 3.17. The van der Waals surface area contributed by atoms with E-state index in [2.05, 4.69) is 0 Å². The summed E-state index contributed by atoms with van der Waals surface area (Å²) in [5, 5.41) is 0. The van der Waals surface area contributed by atoms with Gasteiger partial charge in [0.05, 0.1) is 0 Å². The summed E-state index contributed by atoms with van der Waals surface area (Å²) in [5.41, 5.74) is 1.96. The first-order chi connectivity index (χ1) is 4.18. The van der Waals surface area contributed by atoms with E-state index in [1.807, 2.05) is 20.8 Å². The molecular formula is C7H8BF. The third-order valence-corrected chi connectivity index (χ3v) is 1.19. The average Bonchev–Trinajstić information content (AvgIpc) is 1.59. The van der Waals surface area contributed by atoms with Crippen molar-refractivity contribution >= 4 is 13.3 Å². The van der Waals surface area contributed by atoms with E-state index in [-0.39, 0.29) is 5.82 Å². The van der Waals surface area contributed by atoms with Crippen molar-refractivity contribution in [3.63, 3.8) is 0 Å². The molecule has 0 saturated heterocycles. The summed E-state index contributed by atoms with van der Waals surface area (Å²) in [4.78, 5) is 0. The second-order valence-corrected chi connectivity index (χ2v) is 2.31. The van der Waals surface area contributed by atoms with E-state index in [0.717, 1.165) is 11.0 Å². The van der Waals surface area contributed by atoms with E-state index in [4.69, 9.17) is 0 Å². The van der Waals surface area contributed by atoms with Gasteiger partial charge in [0.1, 0.15) is 13.7 Å². The van der Waals surface area contributed by atoms with Gasteiger partial charge in [-0.25, -0.2) is 4.39 Å². The fourth-order valence-electron chi connectivity index (χ4n) is 0.919. The summed E-state index contributed by atoms with van der Waals surface area (Å²) in [7, 11) is 1.88. The van der Waals surface area contributed by atoms with Crippen molar-refractivity contribution in [3.05, 3.63) is 29.6 Å². The molecule has 0 aliphatic carbocycles. The van der Waals surface area contributed by atoms with Gasteiger partial charge in [-0.05, 0) is 24.6 Å². The van der Waals surface area contributed by atoms with Gasteiger partial charge in [-0.1, -0.05) is 11.5 Å². The number of benzene rings is 1. The molecule has 0 spiro atoms. The van der Waals surface area contributed by atoms with E-state index >= 15 is 0 Å². The molecule has 46 valence electrons. The summed E-state index contributed by atoms with van der Waals surface area (Å²) >= 11 is 0. The molecule has 0 heterocycles. The molecule has 9 heavy (non-hydrogen) atoms. The van der Waals surface area contributed by atoms with E-state index in [0.29, 0.717) is 0 Å². The van der Waals surface area contributed by atoms with Crippen LogP contribution in [-0.4, -0.2) is 7.85 Å². The first-order valence-corrected chi connectivity index (χ1v) is 2.92. The van der Waals surface area contributed by atoms with Gasteiger partial charge in [-0.3, -0.25) is 0 Å². The lowest BCUT2D eigenvalue weighted by Gasteiger charge is -1.94. The second-order valence-electron chi connectivity index (χ2n) is 2.31. The van der Waals surface area contributed by atoms with Crippen LogP contribution in [0.25, 0.3) is 0 Å². The fourth-order valence-corrected chi connectivity index (χ4v) is 0.919. The molecular weight excluding hydrogens is 114 g/mol. The van der Waals surface area contributed by atoms with Gasteiger partial charge in [0, 0.05) is 0 Å². The third-order valence-electron chi connectivity index (χ3n) is 1.19. The first-order valence-electron chi connectivity index (χ1n) is 2.92. The number of halogens is 1. The lowest BCUT2D eigenvalue weighted by atomic mass is 9.95. The van der Waals surface area contributed by atoms with E-state index in [9.17, 15) is 4.39 Å². The van der Waals surface area contributed by atoms with Crippen molar-refractivity contribution in [2.45, 2.75) is 6.92 Å². The summed E-state index contributed by atoms with van der Waals surface area (Å²) in [5.74, 6) is -0.146. The Labute approximate surface area is 55.1 Å². The van der Waals surface area contributed by atoms with Crippen LogP contribution < -0.4 is 5.46 Å². The molecule has 1 rings (SSSR count). The van der Waals surface area contributed by atoms with Crippen molar-refractivity contribution in [1.29, 1.82) is 0 Å². The standard InChI is InChI=1S/C7H8BF/c1-5-2-6(8)4-7(9)3-5/h2-4H,8H2,1H3. The topological polar surface area (TPSA) is 0 Å². The van der Waals surface area contributed by atoms with Crippen LogP contribution in [0.15, 0.2) is 18.2 Å². The number of hydrogen-bond acceptors (Lipinski definition) is 0. The average molecular weight is 122 g/mol. The zero-order chi connectivity index (χ0) is 6.85. The van der Waals surface area contributed by atoms with Crippen molar-refractivity contribution < 1.29 is 4.39 Å².